The minimum Gasteiger partial charge on any atom is -0.500 e. The molecule has 0 saturated carbocycles. The van der Waals surface area contributed by atoms with E-state index in [0.29, 0.717) is 56.8 Å². The van der Waals surface area contributed by atoms with E-state index >= 15 is 0 Å². The molecule has 0 heterocycles. The number of aliphatic imine (C=N–C) groups is 2. The number of benzene rings is 11. The molecule has 17 nitrogen and oxygen atoms in total. The van der Waals surface area contributed by atoms with Crippen LogP contribution >= 0.6 is 0 Å². The standard InChI is InChI=1S/C45H52N2O4.C41H42N2O4.C14H16N2.C14H16O3.CH4.Co/c1-29-22-23-38(31(3)24-29)44(48)39(34(6)50-10)27-46(8)42(36-18-14-12-15-19-36)43(37-20-16-13-17-21-37)47(9)28-40(35(7)51-11)45(49)41-32(4)25-30(2)26-33(41)5;1-25-18-19-34(27(3)20-25)40(46)35(30(6)44)23-42-38(32-14-10-8-11-15-32)39(33-16-12-9-13-17-33)43-24-36(31(7)45)41(47)37-28(4)21-26(2)22-29(37)5;15-13(11-7-3-1-4-8-11)14(16)12-9-5-2-6-10-12;1-8-5-9(2)13(10(3)6-8)14(17)12(7-15)11(4)16;;/h12-28,42-43H,1-11H3;8-24,35-36,38-39H,1-7H3;1-10,13-14H,15-16H2;5-7,12H,1-4H3;1H4;/q+2;;;;;/b39-34+,40-35+,46-27?,47-28?;;;;;. The van der Waals surface area contributed by atoms with Crippen LogP contribution in [0.3, 0.4) is 0 Å². The number of Topliss-reactive ketones (excluding diaryl/α,β-unsaturated/α-hetero) is 8. The molecule has 9 unspecified atom stereocenters. The summed E-state index contributed by atoms with van der Waals surface area (Å²) in [5.74, 6) is -4.62. The van der Waals surface area contributed by atoms with Crippen LogP contribution in [0.15, 0.2) is 287 Å². The van der Waals surface area contributed by atoms with Crippen molar-refractivity contribution in [3.8, 4) is 0 Å². The van der Waals surface area contributed by atoms with Gasteiger partial charge in [0.15, 0.2) is 29.8 Å². The average Bonchev–Trinajstić information content (AvgIpc) is 0.791. The number of aldehydes is 1. The Bertz CT molecular complexity index is 6030. The quantitative estimate of drug-likeness (QED) is 0.00739. The summed E-state index contributed by atoms with van der Waals surface area (Å²) in [6, 6.07) is 80.1. The minimum absolute atomic E-state index is 0. The number of rotatable bonds is 33. The Hall–Kier alpha value is -13.4. The maximum absolute atomic E-state index is 14.4. The number of carbonyl (C=O) groups excluding carboxylic acids is 9. The zero-order chi connectivity index (χ0) is 96.2. The number of likely N-dealkylation sites (N-methyl/N-ethyl adjacent to an activating group) is 2. The number of carbonyl (C=O) groups is 9. The first kappa shape index (κ1) is 108. The molecule has 11 aromatic carbocycles. The van der Waals surface area contributed by atoms with Gasteiger partial charge in [0.05, 0.1) is 14.2 Å². The Morgan fingerprint density at radius 1 is 0.323 bits per heavy atom. The topological polar surface area (TPSA) is 255 Å². The molecule has 0 aromatic heterocycles. The number of nitrogens with two attached hydrogens (primary N) is 2. The van der Waals surface area contributed by atoms with Gasteiger partial charge in [-0.1, -0.05) is 290 Å². The smallest absolute Gasteiger partial charge is 0.243 e. The summed E-state index contributed by atoms with van der Waals surface area (Å²) in [7, 11) is 7.16. The van der Waals surface area contributed by atoms with E-state index in [0.717, 1.165) is 106 Å². The molecule has 0 saturated heterocycles. The summed E-state index contributed by atoms with van der Waals surface area (Å²) in [6.07, 6.45) is 7.08. The summed E-state index contributed by atoms with van der Waals surface area (Å²) in [4.78, 5) is 126. The SMILES string of the molecule is C.CC(=O)C(C=NC(c1ccccc1)C(N=CC(C(C)=O)C(=O)c1c(C)cc(C)cc1C)c1ccccc1)C(=O)c1ccc(C)cc1C.CC(=O)C(C=O)C(=O)c1c(C)cc(C)cc1C.CO/C(C)=C(\C=[N+](C)C(c1ccccc1)C(c1ccccc1)[N+](C)=C/C(C(=O)c1c(C)cc(C)cc1C)=C(/C)OC)C(=O)c1ccc(C)cc1C.NC(c1ccccc1)C(N)c1ccccc1.[Co]. The first-order chi connectivity index (χ1) is 62.3. The number of hydrogen-bond donors (Lipinski definition) is 2. The van der Waals surface area contributed by atoms with Crippen molar-refractivity contribution in [1.29, 1.82) is 0 Å². The molecular formula is C115H130CoN6O11+2. The molecule has 0 amide bonds. The van der Waals surface area contributed by atoms with Crippen LogP contribution in [0.2, 0.25) is 0 Å². The number of allylic oxidation sites excluding steroid dienone is 4. The third-order valence-corrected chi connectivity index (χ3v) is 23.4. The molecule has 0 spiro atoms. The summed E-state index contributed by atoms with van der Waals surface area (Å²) in [5.41, 5.74) is 33.9. The Morgan fingerprint density at radius 3 is 0.880 bits per heavy atom. The molecule has 9 atom stereocenters. The fourth-order valence-electron chi connectivity index (χ4n) is 16.8. The Morgan fingerprint density at radius 2 is 0.586 bits per heavy atom. The van der Waals surface area contributed by atoms with Crippen LogP contribution in [0.4, 0.5) is 0 Å². The molecular weight excluding hydrogens is 1700 g/mol. The van der Waals surface area contributed by atoms with Crippen molar-refractivity contribution < 1.29 is 78.6 Å². The van der Waals surface area contributed by atoms with Crippen molar-refractivity contribution in [2.75, 3.05) is 28.3 Å². The molecule has 18 heteroatoms. The van der Waals surface area contributed by atoms with E-state index in [-0.39, 0.29) is 83.1 Å². The molecule has 0 fully saturated rings. The molecule has 1 radical (unpaired) electrons. The first-order valence-electron chi connectivity index (χ1n) is 43.9. The monoisotopic (exact) mass is 1830 g/mol. The van der Waals surface area contributed by atoms with Gasteiger partial charge < -0.3 is 25.7 Å². The summed E-state index contributed by atoms with van der Waals surface area (Å²) >= 11 is 0. The number of hydrogen-bond acceptors (Lipinski definition) is 15. The van der Waals surface area contributed by atoms with Crippen LogP contribution < -0.4 is 11.5 Å². The van der Waals surface area contributed by atoms with E-state index in [4.69, 9.17) is 30.9 Å². The van der Waals surface area contributed by atoms with E-state index in [9.17, 15) is 43.2 Å². The summed E-state index contributed by atoms with van der Waals surface area (Å²) in [6.45, 7) is 32.8. The van der Waals surface area contributed by atoms with Gasteiger partial charge in [-0.3, -0.25) is 48.3 Å². The molecule has 0 bridgehead atoms. The predicted molar refractivity (Wildman–Crippen MR) is 535 cm³/mol. The van der Waals surface area contributed by atoms with Crippen molar-refractivity contribution >= 4 is 77.4 Å². The van der Waals surface area contributed by atoms with Crippen LogP contribution in [0.5, 0.6) is 0 Å². The van der Waals surface area contributed by atoms with Crippen LogP contribution in [-0.2, 0) is 45.4 Å². The maximum Gasteiger partial charge on any atom is 0.243 e. The van der Waals surface area contributed by atoms with Gasteiger partial charge in [-0.2, -0.15) is 0 Å². The molecule has 11 rings (SSSR count). The Kier molecular flexibility index (Phi) is 41.9. The second-order valence-electron chi connectivity index (χ2n) is 33.9. The second-order valence-corrected chi connectivity index (χ2v) is 33.9. The number of nitrogens with zero attached hydrogens (tertiary/aromatic N) is 4. The Balaban J connectivity index is 0.000000302. The van der Waals surface area contributed by atoms with E-state index < -0.39 is 41.4 Å². The van der Waals surface area contributed by atoms with E-state index in [1.165, 1.54) is 33.2 Å². The zero-order valence-corrected chi connectivity index (χ0v) is 81.1. The van der Waals surface area contributed by atoms with Crippen molar-refractivity contribution in [1.82, 2.24) is 0 Å². The number of ether oxygens (including phenoxy) is 2. The predicted octanol–water partition coefficient (Wildman–Crippen LogP) is 22.6. The van der Waals surface area contributed by atoms with Crippen molar-refractivity contribution in [2.24, 2.45) is 39.2 Å². The fourth-order valence-corrected chi connectivity index (χ4v) is 16.8. The van der Waals surface area contributed by atoms with Gasteiger partial charge in [0.2, 0.25) is 23.7 Å². The third-order valence-electron chi connectivity index (χ3n) is 23.4. The van der Waals surface area contributed by atoms with Crippen LogP contribution in [-0.4, -0.2) is 115 Å². The molecule has 4 N–H and O–H groups in total. The Labute approximate surface area is 797 Å². The van der Waals surface area contributed by atoms with Crippen LogP contribution in [0, 0.1) is 108 Å². The van der Waals surface area contributed by atoms with Gasteiger partial charge in [-0.15, -0.1) is 0 Å². The van der Waals surface area contributed by atoms with E-state index in [1.807, 2.05) is 355 Å². The maximum atomic E-state index is 14.4. The van der Waals surface area contributed by atoms with Crippen molar-refractivity contribution in [3.63, 3.8) is 0 Å². The summed E-state index contributed by atoms with van der Waals surface area (Å²) < 4.78 is 15.6. The molecule has 693 valence electrons. The van der Waals surface area contributed by atoms with Crippen LogP contribution in [0.25, 0.3) is 0 Å². The van der Waals surface area contributed by atoms with Crippen LogP contribution in [0.1, 0.15) is 236 Å². The molecule has 11 aromatic rings. The van der Waals surface area contributed by atoms with Crippen molar-refractivity contribution in [3.05, 3.63) is 411 Å². The average molecular weight is 1830 g/mol. The molecule has 133 heavy (non-hydrogen) atoms. The molecule has 0 aliphatic heterocycles. The first-order valence-corrected chi connectivity index (χ1v) is 43.9. The van der Waals surface area contributed by atoms with Gasteiger partial charge in [-0.25, -0.2) is 9.15 Å². The fraction of sp³-hybridized carbons (Fsp3) is 0.278. The van der Waals surface area contributed by atoms with Crippen molar-refractivity contribution in [2.45, 2.75) is 168 Å². The second kappa shape index (κ2) is 51.4. The number of methoxy groups -OCH3 is 2. The van der Waals surface area contributed by atoms with Gasteiger partial charge in [0, 0.05) is 80.2 Å². The van der Waals surface area contributed by atoms with Gasteiger partial charge in [0.1, 0.15) is 90.2 Å². The van der Waals surface area contributed by atoms with E-state index in [1.54, 1.807) is 20.3 Å². The third kappa shape index (κ3) is 28.8. The van der Waals surface area contributed by atoms with Gasteiger partial charge >= 0.3 is 0 Å². The number of aryl methyl sites for hydroxylation is 13. The molecule has 0 aliphatic rings. The molecule has 0 aliphatic carbocycles. The summed E-state index contributed by atoms with van der Waals surface area (Å²) in [5, 5.41) is 0. The zero-order valence-electron chi connectivity index (χ0n) is 80.1. The largest absolute Gasteiger partial charge is 0.500 e. The van der Waals surface area contributed by atoms with Gasteiger partial charge in [0.25, 0.3) is 0 Å². The normalized spacial score (nSPS) is 13.7. The van der Waals surface area contributed by atoms with Gasteiger partial charge in [-0.05, 0) is 191 Å². The minimum atomic E-state index is -1.17. The number of ketones is 8. The van der Waals surface area contributed by atoms with E-state index in [2.05, 4.69) is 33.4 Å².